The van der Waals surface area contributed by atoms with Crippen molar-refractivity contribution in [3.63, 3.8) is 0 Å². The Morgan fingerprint density at radius 2 is 2.22 bits per heavy atom. The fraction of sp³-hybridized carbons (Fsp3) is 0.667. The molecule has 1 rings (SSSR count). The molecular formula is C12H21N3O2S. The van der Waals surface area contributed by atoms with E-state index in [2.05, 4.69) is 36.6 Å². The predicted octanol–water partition coefficient (Wildman–Crippen LogP) is 2.29. The monoisotopic (exact) mass is 271 g/mol. The second kappa shape index (κ2) is 6.70. The lowest BCUT2D eigenvalue weighted by molar-refractivity contribution is 0.196. The molecule has 0 aliphatic rings. The molecule has 0 unspecified atom stereocenters. The number of hydrogen-bond acceptors (Lipinski definition) is 4. The van der Waals surface area contributed by atoms with E-state index >= 15 is 0 Å². The molecule has 102 valence electrons. The van der Waals surface area contributed by atoms with Gasteiger partial charge in [0.2, 0.25) is 0 Å². The molecule has 0 amide bonds. The maximum Gasteiger partial charge on any atom is 0.175 e. The third-order valence-corrected chi connectivity index (χ3v) is 2.55. The van der Waals surface area contributed by atoms with Crippen LogP contribution in [-0.2, 0) is 10.2 Å². The van der Waals surface area contributed by atoms with Gasteiger partial charge >= 0.3 is 0 Å². The van der Waals surface area contributed by atoms with Crippen LogP contribution in [0.1, 0.15) is 33.0 Å². The van der Waals surface area contributed by atoms with E-state index in [1.165, 1.54) is 0 Å². The lowest BCUT2D eigenvalue weighted by atomic mass is 9.93. The number of thiocarbonyl (C=S) groups is 1. The SMILES string of the molecule is COCCCNC(=S)Nc1cc(C(C)(C)C)on1. The van der Waals surface area contributed by atoms with Gasteiger partial charge in [-0.1, -0.05) is 25.9 Å². The number of anilines is 1. The maximum absolute atomic E-state index is 5.25. The second-order valence-corrected chi connectivity index (χ2v) is 5.46. The largest absolute Gasteiger partial charge is 0.385 e. The van der Waals surface area contributed by atoms with E-state index in [1.807, 2.05) is 6.07 Å². The maximum atomic E-state index is 5.25. The van der Waals surface area contributed by atoms with E-state index in [0.29, 0.717) is 17.5 Å². The Morgan fingerprint density at radius 3 is 2.78 bits per heavy atom. The first-order valence-corrected chi connectivity index (χ1v) is 6.35. The van der Waals surface area contributed by atoms with Crippen LogP contribution in [-0.4, -0.2) is 30.5 Å². The molecular weight excluding hydrogens is 250 g/mol. The highest BCUT2D eigenvalue weighted by atomic mass is 32.1. The van der Waals surface area contributed by atoms with Crippen LogP contribution < -0.4 is 10.6 Å². The molecule has 5 nitrogen and oxygen atoms in total. The molecule has 6 heteroatoms. The van der Waals surface area contributed by atoms with Gasteiger partial charge in [0.1, 0.15) is 5.76 Å². The quantitative estimate of drug-likeness (QED) is 0.633. The van der Waals surface area contributed by atoms with Gasteiger partial charge in [-0.05, 0) is 18.6 Å². The molecule has 0 aliphatic carbocycles. The summed E-state index contributed by atoms with van der Waals surface area (Å²) in [5.41, 5.74) is -0.0551. The molecule has 0 aliphatic heterocycles. The van der Waals surface area contributed by atoms with Crippen molar-refractivity contribution in [2.45, 2.75) is 32.6 Å². The molecule has 0 saturated heterocycles. The smallest absolute Gasteiger partial charge is 0.175 e. The molecule has 0 fully saturated rings. The van der Waals surface area contributed by atoms with Crippen molar-refractivity contribution in [2.75, 3.05) is 25.6 Å². The topological polar surface area (TPSA) is 59.3 Å². The molecule has 1 aromatic heterocycles. The Labute approximate surface area is 113 Å². The minimum Gasteiger partial charge on any atom is -0.385 e. The normalized spacial score (nSPS) is 11.3. The second-order valence-electron chi connectivity index (χ2n) is 5.05. The minimum atomic E-state index is -0.0551. The Morgan fingerprint density at radius 1 is 1.50 bits per heavy atom. The summed E-state index contributed by atoms with van der Waals surface area (Å²) in [5, 5.41) is 10.5. The number of hydrogen-bond donors (Lipinski definition) is 2. The number of rotatable bonds is 5. The van der Waals surface area contributed by atoms with Crippen molar-refractivity contribution >= 4 is 23.1 Å². The average Bonchev–Trinajstić information content (AvgIpc) is 2.72. The minimum absolute atomic E-state index is 0.0551. The molecule has 0 bridgehead atoms. The molecule has 1 heterocycles. The third kappa shape index (κ3) is 5.01. The van der Waals surface area contributed by atoms with E-state index < -0.39 is 0 Å². The van der Waals surface area contributed by atoms with Gasteiger partial charge in [0.05, 0.1) is 0 Å². The molecule has 2 N–H and O–H groups in total. The lowest BCUT2D eigenvalue weighted by Gasteiger charge is -2.12. The van der Waals surface area contributed by atoms with Crippen molar-refractivity contribution in [1.29, 1.82) is 0 Å². The van der Waals surface area contributed by atoms with Gasteiger partial charge in [-0.2, -0.15) is 0 Å². The Kier molecular flexibility index (Phi) is 5.55. The summed E-state index contributed by atoms with van der Waals surface area (Å²) in [7, 11) is 1.68. The van der Waals surface area contributed by atoms with E-state index in [1.54, 1.807) is 7.11 Å². The first kappa shape index (κ1) is 14.9. The lowest BCUT2D eigenvalue weighted by Crippen LogP contribution is -2.29. The molecule has 0 aromatic carbocycles. The van der Waals surface area contributed by atoms with Crippen LogP contribution in [0.25, 0.3) is 0 Å². The Bertz CT molecular complexity index is 385. The van der Waals surface area contributed by atoms with Crippen LogP contribution in [0.4, 0.5) is 5.82 Å². The zero-order chi connectivity index (χ0) is 13.6. The van der Waals surface area contributed by atoms with Gasteiger partial charge in [-0.3, -0.25) is 0 Å². The summed E-state index contributed by atoms with van der Waals surface area (Å²) < 4.78 is 10.2. The number of nitrogens with zero attached hydrogens (tertiary/aromatic N) is 1. The van der Waals surface area contributed by atoms with Crippen LogP contribution >= 0.6 is 12.2 Å². The zero-order valence-electron chi connectivity index (χ0n) is 11.4. The Hall–Kier alpha value is -1.14. The molecule has 0 spiro atoms. The van der Waals surface area contributed by atoms with Crippen LogP contribution in [0.3, 0.4) is 0 Å². The zero-order valence-corrected chi connectivity index (χ0v) is 12.2. The summed E-state index contributed by atoms with van der Waals surface area (Å²) in [6.07, 6.45) is 0.907. The molecule has 18 heavy (non-hydrogen) atoms. The van der Waals surface area contributed by atoms with Crippen LogP contribution in [0.2, 0.25) is 0 Å². The highest BCUT2D eigenvalue weighted by Crippen LogP contribution is 2.24. The number of methoxy groups -OCH3 is 1. The molecule has 0 saturated carbocycles. The van der Waals surface area contributed by atoms with Crippen LogP contribution in [0.5, 0.6) is 0 Å². The fourth-order valence-electron chi connectivity index (χ4n) is 1.27. The van der Waals surface area contributed by atoms with Crippen molar-refractivity contribution < 1.29 is 9.26 Å². The third-order valence-electron chi connectivity index (χ3n) is 2.30. The van der Waals surface area contributed by atoms with Crippen molar-refractivity contribution in [2.24, 2.45) is 0 Å². The van der Waals surface area contributed by atoms with Crippen LogP contribution in [0, 0.1) is 0 Å². The van der Waals surface area contributed by atoms with Gasteiger partial charge < -0.3 is 19.9 Å². The molecule has 1 aromatic rings. The summed E-state index contributed by atoms with van der Waals surface area (Å²) in [5.74, 6) is 1.45. The average molecular weight is 271 g/mol. The standard InChI is InChI=1S/C12H21N3O2S/c1-12(2,3)9-8-10(15-17-9)14-11(18)13-6-5-7-16-4/h8H,5-7H2,1-4H3,(H2,13,14,15,18). The highest BCUT2D eigenvalue weighted by molar-refractivity contribution is 7.80. The first-order valence-electron chi connectivity index (χ1n) is 5.94. The summed E-state index contributed by atoms with van der Waals surface area (Å²) >= 11 is 5.14. The van der Waals surface area contributed by atoms with Crippen molar-refractivity contribution in [3.8, 4) is 0 Å². The number of aromatic nitrogens is 1. The van der Waals surface area contributed by atoms with Crippen LogP contribution in [0.15, 0.2) is 10.6 Å². The molecule has 0 atom stereocenters. The van der Waals surface area contributed by atoms with Gasteiger partial charge in [0.25, 0.3) is 0 Å². The fourth-order valence-corrected chi connectivity index (χ4v) is 1.47. The summed E-state index contributed by atoms with van der Waals surface area (Å²) in [4.78, 5) is 0. The van der Waals surface area contributed by atoms with E-state index in [4.69, 9.17) is 21.5 Å². The summed E-state index contributed by atoms with van der Waals surface area (Å²) in [6, 6.07) is 1.86. The van der Waals surface area contributed by atoms with E-state index in [-0.39, 0.29) is 5.41 Å². The Balaban J connectivity index is 2.38. The van der Waals surface area contributed by atoms with Gasteiger partial charge in [0, 0.05) is 31.7 Å². The van der Waals surface area contributed by atoms with Crippen molar-refractivity contribution in [3.05, 3.63) is 11.8 Å². The summed E-state index contributed by atoms with van der Waals surface area (Å²) in [6.45, 7) is 7.69. The van der Waals surface area contributed by atoms with E-state index in [9.17, 15) is 0 Å². The van der Waals surface area contributed by atoms with Gasteiger partial charge in [0.15, 0.2) is 10.9 Å². The van der Waals surface area contributed by atoms with Crippen molar-refractivity contribution in [1.82, 2.24) is 10.5 Å². The first-order chi connectivity index (χ1) is 8.43. The van der Waals surface area contributed by atoms with Gasteiger partial charge in [-0.15, -0.1) is 0 Å². The highest BCUT2D eigenvalue weighted by Gasteiger charge is 2.19. The van der Waals surface area contributed by atoms with Gasteiger partial charge in [-0.25, -0.2) is 0 Å². The number of nitrogens with one attached hydrogen (secondary N) is 2. The predicted molar refractivity (Wildman–Crippen MR) is 75.9 cm³/mol. The van der Waals surface area contributed by atoms with E-state index in [0.717, 1.165) is 18.7 Å². The number of ether oxygens (including phenoxy) is 1. The molecule has 0 radical (unpaired) electrons.